The molecule has 122 valence electrons. The van der Waals surface area contributed by atoms with Crippen molar-refractivity contribution in [1.82, 2.24) is 4.90 Å². The average molecular weight is 372 g/mol. The van der Waals surface area contributed by atoms with Gasteiger partial charge in [0.25, 0.3) is 5.91 Å². The number of carbonyl (C=O) groups is 1. The standard InChI is InChI=1S/C19H17NOS3/c21-19(20-9-7-17-14(12-20)8-11-23-17)16-5-1-2-6-18(16)24-13-15-4-3-10-22-15/h1-6,8,10-11H,7,9,12-13H2. The van der Waals surface area contributed by atoms with Gasteiger partial charge in [-0.25, -0.2) is 0 Å². The van der Waals surface area contributed by atoms with E-state index < -0.39 is 0 Å². The molecule has 0 unspecified atom stereocenters. The average Bonchev–Trinajstić information content (AvgIpc) is 3.30. The van der Waals surface area contributed by atoms with Gasteiger partial charge in [-0.15, -0.1) is 34.4 Å². The normalized spacial score (nSPS) is 13.8. The van der Waals surface area contributed by atoms with Crippen LogP contribution < -0.4 is 0 Å². The molecule has 0 saturated heterocycles. The van der Waals surface area contributed by atoms with Gasteiger partial charge in [-0.2, -0.15) is 0 Å². The molecule has 1 aliphatic heterocycles. The highest BCUT2D eigenvalue weighted by Crippen LogP contribution is 2.30. The summed E-state index contributed by atoms with van der Waals surface area (Å²) in [5.41, 5.74) is 2.14. The zero-order valence-corrected chi connectivity index (χ0v) is 15.6. The summed E-state index contributed by atoms with van der Waals surface area (Å²) in [7, 11) is 0. The number of carbonyl (C=O) groups excluding carboxylic acids is 1. The predicted molar refractivity (Wildman–Crippen MR) is 103 cm³/mol. The van der Waals surface area contributed by atoms with Crippen LogP contribution in [0, 0.1) is 0 Å². The highest BCUT2D eigenvalue weighted by Gasteiger charge is 2.24. The summed E-state index contributed by atoms with van der Waals surface area (Å²) in [5, 5.41) is 4.22. The van der Waals surface area contributed by atoms with E-state index in [9.17, 15) is 4.79 Å². The van der Waals surface area contributed by atoms with Crippen LogP contribution in [0.1, 0.15) is 25.7 Å². The second-order valence-electron chi connectivity index (χ2n) is 5.71. The van der Waals surface area contributed by atoms with Gasteiger partial charge < -0.3 is 4.90 Å². The third kappa shape index (κ3) is 3.29. The Bertz CT molecular complexity index is 838. The van der Waals surface area contributed by atoms with Crippen LogP contribution >= 0.6 is 34.4 Å². The van der Waals surface area contributed by atoms with E-state index in [1.807, 2.05) is 23.1 Å². The molecule has 0 fully saturated rings. The third-order valence-corrected chi connectivity index (χ3v) is 7.37. The summed E-state index contributed by atoms with van der Waals surface area (Å²) in [6.45, 7) is 1.55. The van der Waals surface area contributed by atoms with Gasteiger partial charge >= 0.3 is 0 Å². The third-order valence-electron chi connectivity index (χ3n) is 4.16. The Kier molecular flexibility index (Phi) is 4.74. The van der Waals surface area contributed by atoms with Gasteiger partial charge in [0, 0.05) is 33.5 Å². The highest BCUT2D eigenvalue weighted by molar-refractivity contribution is 7.98. The van der Waals surface area contributed by atoms with Crippen LogP contribution in [0.4, 0.5) is 0 Å². The first-order valence-electron chi connectivity index (χ1n) is 7.90. The lowest BCUT2D eigenvalue weighted by Gasteiger charge is -2.27. The van der Waals surface area contributed by atoms with Crippen molar-refractivity contribution in [3.05, 3.63) is 74.1 Å². The number of hydrogen-bond donors (Lipinski definition) is 0. The summed E-state index contributed by atoms with van der Waals surface area (Å²) in [4.78, 5) is 18.9. The van der Waals surface area contributed by atoms with Crippen molar-refractivity contribution >= 4 is 40.3 Å². The van der Waals surface area contributed by atoms with Crippen LogP contribution in [0.5, 0.6) is 0 Å². The SMILES string of the molecule is O=C(c1ccccc1SCc1cccs1)N1CCc2sccc2C1. The fraction of sp³-hybridized carbons (Fsp3) is 0.211. The second kappa shape index (κ2) is 7.13. The maximum absolute atomic E-state index is 13.0. The first kappa shape index (κ1) is 15.9. The monoisotopic (exact) mass is 371 g/mol. The van der Waals surface area contributed by atoms with E-state index in [1.165, 1.54) is 15.3 Å². The number of amides is 1. The van der Waals surface area contributed by atoms with Gasteiger partial charge in [0.15, 0.2) is 0 Å². The minimum atomic E-state index is 0.154. The molecule has 3 aromatic rings. The molecule has 2 nitrogen and oxygen atoms in total. The fourth-order valence-electron chi connectivity index (χ4n) is 2.90. The molecule has 0 aliphatic carbocycles. The molecule has 1 aliphatic rings. The summed E-state index contributed by atoms with van der Waals surface area (Å²) in [6, 6.07) is 14.4. The van der Waals surface area contributed by atoms with Crippen LogP contribution in [0.3, 0.4) is 0 Å². The molecular weight excluding hydrogens is 354 g/mol. The van der Waals surface area contributed by atoms with Crippen molar-refractivity contribution < 1.29 is 4.79 Å². The van der Waals surface area contributed by atoms with E-state index in [4.69, 9.17) is 0 Å². The molecule has 0 radical (unpaired) electrons. The summed E-state index contributed by atoms with van der Waals surface area (Å²) >= 11 is 5.32. The summed E-state index contributed by atoms with van der Waals surface area (Å²) in [6.07, 6.45) is 0.975. The number of rotatable bonds is 4. The maximum atomic E-state index is 13.0. The Morgan fingerprint density at radius 2 is 2.00 bits per heavy atom. The fourth-order valence-corrected chi connectivity index (χ4v) is 5.61. The van der Waals surface area contributed by atoms with Gasteiger partial charge in [0.1, 0.15) is 0 Å². The van der Waals surface area contributed by atoms with E-state index in [0.29, 0.717) is 0 Å². The molecule has 1 amide bonds. The van der Waals surface area contributed by atoms with Crippen molar-refractivity contribution in [2.24, 2.45) is 0 Å². The van der Waals surface area contributed by atoms with Gasteiger partial charge in [0.05, 0.1) is 5.56 Å². The van der Waals surface area contributed by atoms with E-state index in [2.05, 4.69) is 35.0 Å². The van der Waals surface area contributed by atoms with Crippen LogP contribution in [0.2, 0.25) is 0 Å². The molecule has 0 N–H and O–H groups in total. The van der Waals surface area contributed by atoms with Crippen molar-refractivity contribution in [2.75, 3.05) is 6.54 Å². The Balaban J connectivity index is 1.52. The van der Waals surface area contributed by atoms with Gasteiger partial charge in [-0.1, -0.05) is 18.2 Å². The maximum Gasteiger partial charge on any atom is 0.255 e. The lowest BCUT2D eigenvalue weighted by molar-refractivity contribution is 0.0732. The summed E-state index contributed by atoms with van der Waals surface area (Å²) < 4.78 is 0. The van der Waals surface area contributed by atoms with E-state index >= 15 is 0 Å². The number of thiophene rings is 2. The van der Waals surface area contributed by atoms with Crippen molar-refractivity contribution in [1.29, 1.82) is 0 Å². The Hall–Kier alpha value is -1.56. The lowest BCUT2D eigenvalue weighted by atomic mass is 10.1. The van der Waals surface area contributed by atoms with Crippen molar-refractivity contribution in [2.45, 2.75) is 23.6 Å². The Morgan fingerprint density at radius 1 is 1.08 bits per heavy atom. The molecule has 4 rings (SSSR count). The van der Waals surface area contributed by atoms with Crippen LogP contribution in [-0.2, 0) is 18.7 Å². The zero-order chi connectivity index (χ0) is 16.4. The minimum Gasteiger partial charge on any atom is -0.334 e. The van der Waals surface area contributed by atoms with Crippen LogP contribution in [-0.4, -0.2) is 17.4 Å². The quantitative estimate of drug-likeness (QED) is 0.580. The first-order valence-corrected chi connectivity index (χ1v) is 10.6. The Morgan fingerprint density at radius 3 is 2.88 bits per heavy atom. The number of nitrogens with zero attached hydrogens (tertiary/aromatic N) is 1. The Labute approximate surface area is 154 Å². The second-order valence-corrected chi connectivity index (χ2v) is 8.76. The highest BCUT2D eigenvalue weighted by atomic mass is 32.2. The number of benzene rings is 1. The van der Waals surface area contributed by atoms with Crippen molar-refractivity contribution in [3.8, 4) is 0 Å². The molecule has 0 spiro atoms. The smallest absolute Gasteiger partial charge is 0.255 e. The first-order chi connectivity index (χ1) is 11.8. The van der Waals surface area contributed by atoms with E-state index in [0.717, 1.165) is 35.7 Å². The predicted octanol–water partition coefficient (Wildman–Crippen LogP) is 5.30. The zero-order valence-electron chi connectivity index (χ0n) is 13.1. The lowest BCUT2D eigenvalue weighted by Crippen LogP contribution is -2.35. The molecule has 0 bridgehead atoms. The summed E-state index contributed by atoms with van der Waals surface area (Å²) in [5.74, 6) is 1.07. The van der Waals surface area contributed by atoms with Crippen LogP contribution in [0.25, 0.3) is 0 Å². The van der Waals surface area contributed by atoms with Gasteiger partial charge in [0.2, 0.25) is 0 Å². The van der Waals surface area contributed by atoms with E-state index in [1.54, 1.807) is 34.4 Å². The molecule has 2 aromatic heterocycles. The number of hydrogen-bond acceptors (Lipinski definition) is 4. The van der Waals surface area contributed by atoms with Gasteiger partial charge in [-0.3, -0.25) is 4.79 Å². The molecule has 24 heavy (non-hydrogen) atoms. The van der Waals surface area contributed by atoms with Crippen molar-refractivity contribution in [3.63, 3.8) is 0 Å². The molecule has 5 heteroatoms. The molecular formula is C19H17NOS3. The molecule has 3 heterocycles. The number of thioether (sulfide) groups is 1. The molecule has 0 saturated carbocycles. The largest absolute Gasteiger partial charge is 0.334 e. The minimum absolute atomic E-state index is 0.154. The molecule has 1 aromatic carbocycles. The van der Waals surface area contributed by atoms with Crippen LogP contribution in [0.15, 0.2) is 58.1 Å². The number of fused-ring (bicyclic) bond motifs is 1. The van der Waals surface area contributed by atoms with E-state index in [-0.39, 0.29) is 5.91 Å². The van der Waals surface area contributed by atoms with Gasteiger partial charge in [-0.05, 0) is 47.0 Å². The molecule has 0 atom stereocenters. The topological polar surface area (TPSA) is 20.3 Å².